The van der Waals surface area contributed by atoms with Crippen LogP contribution in [0.1, 0.15) is 25.5 Å². The Labute approximate surface area is 125 Å². The topological polar surface area (TPSA) is 36.0 Å². The summed E-state index contributed by atoms with van der Waals surface area (Å²) in [7, 11) is 0. The molecule has 3 rings (SSSR count). The Morgan fingerprint density at radius 1 is 0.857 bits per heavy atom. The number of aromatic nitrogens is 1. The van der Waals surface area contributed by atoms with Crippen LogP contribution in [0.25, 0.3) is 22.4 Å². The second kappa shape index (κ2) is 5.49. The van der Waals surface area contributed by atoms with Gasteiger partial charge in [0.05, 0.1) is 0 Å². The molecule has 0 saturated heterocycles. The van der Waals surface area contributed by atoms with Crippen LogP contribution in [0, 0.1) is 0 Å². The SMILES string of the molecule is CC(C)c1[nH]c(-c2ccc(O)cc2)cc1-c1ccccc1. The zero-order valence-corrected chi connectivity index (χ0v) is 12.3. The van der Waals surface area contributed by atoms with Crippen molar-refractivity contribution in [3.63, 3.8) is 0 Å². The number of phenolic OH excluding ortho intramolecular Hbond substituents is 1. The molecular formula is C19H19NO. The van der Waals surface area contributed by atoms with Crippen LogP contribution in [0.3, 0.4) is 0 Å². The zero-order chi connectivity index (χ0) is 14.8. The summed E-state index contributed by atoms with van der Waals surface area (Å²) in [6.07, 6.45) is 0. The normalized spacial score (nSPS) is 11.0. The molecule has 1 aromatic heterocycles. The molecule has 0 unspecified atom stereocenters. The van der Waals surface area contributed by atoms with E-state index in [1.807, 2.05) is 18.2 Å². The number of H-pyrrole nitrogens is 1. The van der Waals surface area contributed by atoms with Crippen LogP contribution in [-0.4, -0.2) is 10.1 Å². The molecule has 0 radical (unpaired) electrons. The second-order valence-electron chi connectivity index (χ2n) is 5.58. The minimum Gasteiger partial charge on any atom is -0.508 e. The summed E-state index contributed by atoms with van der Waals surface area (Å²) in [4.78, 5) is 3.53. The highest BCUT2D eigenvalue weighted by atomic mass is 16.3. The van der Waals surface area contributed by atoms with Crippen LogP contribution in [0.2, 0.25) is 0 Å². The third kappa shape index (κ3) is 2.70. The fourth-order valence-corrected chi connectivity index (χ4v) is 2.58. The Kier molecular flexibility index (Phi) is 3.53. The van der Waals surface area contributed by atoms with E-state index in [2.05, 4.69) is 49.2 Å². The lowest BCUT2D eigenvalue weighted by molar-refractivity contribution is 0.475. The van der Waals surface area contributed by atoms with Crippen LogP contribution < -0.4 is 0 Å². The number of hydrogen-bond donors (Lipinski definition) is 2. The van der Waals surface area contributed by atoms with E-state index in [-0.39, 0.29) is 5.75 Å². The highest BCUT2D eigenvalue weighted by molar-refractivity contribution is 5.75. The van der Waals surface area contributed by atoms with Gasteiger partial charge in [0.2, 0.25) is 0 Å². The molecule has 0 atom stereocenters. The molecule has 3 aromatic rings. The molecule has 0 bridgehead atoms. The van der Waals surface area contributed by atoms with Crippen molar-refractivity contribution >= 4 is 0 Å². The predicted molar refractivity (Wildman–Crippen MR) is 87.4 cm³/mol. The van der Waals surface area contributed by atoms with Gasteiger partial charge in [-0.05, 0) is 47.4 Å². The van der Waals surface area contributed by atoms with Gasteiger partial charge < -0.3 is 10.1 Å². The van der Waals surface area contributed by atoms with Gasteiger partial charge in [0.15, 0.2) is 0 Å². The maximum absolute atomic E-state index is 9.42. The first-order valence-corrected chi connectivity index (χ1v) is 7.23. The van der Waals surface area contributed by atoms with Gasteiger partial charge in [0.25, 0.3) is 0 Å². The third-order valence-electron chi connectivity index (χ3n) is 3.69. The maximum Gasteiger partial charge on any atom is 0.115 e. The van der Waals surface area contributed by atoms with E-state index >= 15 is 0 Å². The first-order valence-electron chi connectivity index (χ1n) is 7.23. The monoisotopic (exact) mass is 277 g/mol. The summed E-state index contributed by atoms with van der Waals surface area (Å²) in [6, 6.07) is 19.9. The first-order chi connectivity index (χ1) is 10.1. The van der Waals surface area contributed by atoms with Crippen molar-refractivity contribution in [2.75, 3.05) is 0 Å². The van der Waals surface area contributed by atoms with Crippen LogP contribution in [0.15, 0.2) is 60.7 Å². The molecule has 0 fully saturated rings. The largest absolute Gasteiger partial charge is 0.508 e. The van der Waals surface area contributed by atoms with Crippen molar-refractivity contribution in [1.29, 1.82) is 0 Å². The molecule has 2 aromatic carbocycles. The molecule has 106 valence electrons. The second-order valence-corrected chi connectivity index (χ2v) is 5.58. The van der Waals surface area contributed by atoms with E-state index in [1.54, 1.807) is 12.1 Å². The van der Waals surface area contributed by atoms with Gasteiger partial charge in [-0.15, -0.1) is 0 Å². The fourth-order valence-electron chi connectivity index (χ4n) is 2.58. The lowest BCUT2D eigenvalue weighted by Gasteiger charge is -2.07. The molecule has 0 aliphatic carbocycles. The fraction of sp³-hybridized carbons (Fsp3) is 0.158. The molecule has 1 heterocycles. The molecule has 0 saturated carbocycles. The highest BCUT2D eigenvalue weighted by Crippen LogP contribution is 2.33. The Morgan fingerprint density at radius 3 is 2.14 bits per heavy atom. The van der Waals surface area contributed by atoms with Crippen molar-refractivity contribution in [1.82, 2.24) is 4.98 Å². The van der Waals surface area contributed by atoms with E-state index in [4.69, 9.17) is 0 Å². The van der Waals surface area contributed by atoms with Crippen molar-refractivity contribution in [2.45, 2.75) is 19.8 Å². The standard InChI is InChI=1S/C19H19NO/c1-13(2)19-17(14-6-4-3-5-7-14)12-18(20-19)15-8-10-16(21)11-9-15/h3-13,20-21H,1-2H3. The average molecular weight is 277 g/mol. The molecule has 2 heteroatoms. The van der Waals surface area contributed by atoms with Crippen LogP contribution in [-0.2, 0) is 0 Å². The first kappa shape index (κ1) is 13.5. The van der Waals surface area contributed by atoms with Crippen LogP contribution >= 0.6 is 0 Å². The van der Waals surface area contributed by atoms with Gasteiger partial charge in [0.1, 0.15) is 5.75 Å². The number of hydrogen-bond acceptors (Lipinski definition) is 1. The van der Waals surface area contributed by atoms with Gasteiger partial charge in [0, 0.05) is 17.0 Å². The summed E-state index contributed by atoms with van der Waals surface area (Å²) in [5, 5.41) is 9.42. The number of nitrogens with one attached hydrogen (secondary N) is 1. The highest BCUT2D eigenvalue weighted by Gasteiger charge is 2.13. The van der Waals surface area contributed by atoms with Gasteiger partial charge in [-0.1, -0.05) is 44.2 Å². The smallest absolute Gasteiger partial charge is 0.115 e. The predicted octanol–water partition coefficient (Wildman–Crippen LogP) is 5.18. The average Bonchev–Trinajstić information content (AvgIpc) is 2.94. The van der Waals surface area contributed by atoms with Gasteiger partial charge >= 0.3 is 0 Å². The van der Waals surface area contributed by atoms with Crippen molar-refractivity contribution in [3.8, 4) is 28.1 Å². The molecule has 0 spiro atoms. The minimum atomic E-state index is 0.290. The Morgan fingerprint density at radius 2 is 1.52 bits per heavy atom. The number of rotatable bonds is 3. The molecule has 21 heavy (non-hydrogen) atoms. The molecular weight excluding hydrogens is 258 g/mol. The lowest BCUT2D eigenvalue weighted by atomic mass is 10.00. The zero-order valence-electron chi connectivity index (χ0n) is 12.3. The van der Waals surface area contributed by atoms with Gasteiger partial charge in [-0.2, -0.15) is 0 Å². The van der Waals surface area contributed by atoms with E-state index in [0.29, 0.717) is 5.92 Å². The number of aromatic amines is 1. The maximum atomic E-state index is 9.42. The Hall–Kier alpha value is -2.48. The van der Waals surface area contributed by atoms with Crippen molar-refractivity contribution in [3.05, 3.63) is 66.4 Å². The van der Waals surface area contributed by atoms with Crippen LogP contribution in [0.5, 0.6) is 5.75 Å². The molecule has 2 N–H and O–H groups in total. The van der Waals surface area contributed by atoms with E-state index in [0.717, 1.165) is 11.3 Å². The summed E-state index contributed by atoms with van der Waals surface area (Å²) in [6.45, 7) is 4.39. The summed E-state index contributed by atoms with van der Waals surface area (Å²) in [5.41, 5.74) is 5.87. The molecule has 0 aliphatic heterocycles. The summed E-state index contributed by atoms with van der Waals surface area (Å²) >= 11 is 0. The Bertz CT molecular complexity index is 724. The van der Waals surface area contributed by atoms with Gasteiger partial charge in [-0.3, -0.25) is 0 Å². The minimum absolute atomic E-state index is 0.290. The summed E-state index contributed by atoms with van der Waals surface area (Å²) < 4.78 is 0. The number of aromatic hydroxyl groups is 1. The van der Waals surface area contributed by atoms with E-state index in [1.165, 1.54) is 16.8 Å². The molecule has 2 nitrogen and oxygen atoms in total. The van der Waals surface area contributed by atoms with Crippen LogP contribution in [0.4, 0.5) is 0 Å². The summed E-state index contributed by atoms with van der Waals surface area (Å²) in [5.74, 6) is 0.712. The van der Waals surface area contributed by atoms with Crippen molar-refractivity contribution in [2.24, 2.45) is 0 Å². The van der Waals surface area contributed by atoms with Gasteiger partial charge in [-0.25, -0.2) is 0 Å². The third-order valence-corrected chi connectivity index (χ3v) is 3.69. The molecule has 0 aliphatic rings. The molecule has 0 amide bonds. The van der Waals surface area contributed by atoms with E-state index < -0.39 is 0 Å². The number of phenols is 1. The van der Waals surface area contributed by atoms with Crippen molar-refractivity contribution < 1.29 is 5.11 Å². The number of benzene rings is 2. The quantitative estimate of drug-likeness (QED) is 0.680. The Balaban J connectivity index is 2.11. The lowest BCUT2D eigenvalue weighted by Crippen LogP contribution is -1.90. The van der Waals surface area contributed by atoms with E-state index in [9.17, 15) is 5.11 Å².